The van der Waals surface area contributed by atoms with Crippen LogP contribution in [-0.4, -0.2) is 52.0 Å². The van der Waals surface area contributed by atoms with Gasteiger partial charge >= 0.3 is 5.97 Å². The highest BCUT2D eigenvalue weighted by atomic mass is 35.5. The molecule has 2 unspecified atom stereocenters. The van der Waals surface area contributed by atoms with Crippen LogP contribution in [-0.2, 0) is 16.1 Å². The van der Waals surface area contributed by atoms with E-state index in [0.717, 1.165) is 5.01 Å². The van der Waals surface area contributed by atoms with Crippen molar-refractivity contribution in [3.63, 3.8) is 0 Å². The molecule has 1 aliphatic rings. The molecule has 2 rings (SSSR count). The van der Waals surface area contributed by atoms with Crippen molar-refractivity contribution in [2.24, 2.45) is 0 Å². The smallest absolute Gasteiger partial charge is 0.323 e. The lowest BCUT2D eigenvalue weighted by atomic mass is 10.2. The second kappa shape index (κ2) is 5.26. The maximum Gasteiger partial charge on any atom is 0.323 e. The number of halogens is 1. The first-order valence-electron chi connectivity index (χ1n) is 5.08. The van der Waals surface area contributed by atoms with Crippen LogP contribution in [0.2, 0.25) is 4.47 Å². The topological polar surface area (TPSA) is 75.6 Å². The second-order valence-corrected chi connectivity index (χ2v) is 5.45. The Hall–Kier alpha value is -0.760. The maximum absolute atomic E-state index is 11.5. The number of ether oxygens (including phenoxy) is 1. The molecule has 1 aliphatic heterocycles. The summed E-state index contributed by atoms with van der Waals surface area (Å²) >= 11 is 6.95. The molecule has 1 aromatic rings. The first kappa shape index (κ1) is 12.7. The lowest BCUT2D eigenvalue weighted by Crippen LogP contribution is -2.36. The normalized spacial score (nSPS) is 25.1. The van der Waals surface area contributed by atoms with Crippen LogP contribution in [0.15, 0.2) is 0 Å². The Morgan fingerprint density at radius 2 is 2.47 bits per heavy atom. The summed E-state index contributed by atoms with van der Waals surface area (Å²) in [7, 11) is 1.34. The van der Waals surface area contributed by atoms with Crippen molar-refractivity contribution < 1.29 is 14.6 Å². The lowest BCUT2D eigenvalue weighted by Gasteiger charge is -2.20. The summed E-state index contributed by atoms with van der Waals surface area (Å²) < 4.78 is 5.07. The minimum Gasteiger partial charge on any atom is -0.468 e. The fourth-order valence-electron chi connectivity index (χ4n) is 1.91. The molecule has 1 N–H and O–H groups in total. The molecule has 0 amide bonds. The quantitative estimate of drug-likeness (QED) is 0.801. The monoisotopic (exact) mass is 277 g/mol. The van der Waals surface area contributed by atoms with Gasteiger partial charge in [0.05, 0.1) is 19.8 Å². The molecule has 0 spiro atoms. The molecule has 1 aromatic heterocycles. The second-order valence-electron chi connectivity index (χ2n) is 3.81. The highest BCUT2D eigenvalue weighted by Gasteiger charge is 2.37. The van der Waals surface area contributed by atoms with Gasteiger partial charge in [0, 0.05) is 13.0 Å². The van der Waals surface area contributed by atoms with Crippen molar-refractivity contribution in [1.82, 2.24) is 15.1 Å². The molecule has 0 radical (unpaired) electrons. The number of likely N-dealkylation sites (tertiary alicyclic amines) is 1. The average Bonchev–Trinajstić information content (AvgIpc) is 2.85. The molecule has 1 fully saturated rings. The molecular weight excluding hydrogens is 266 g/mol. The van der Waals surface area contributed by atoms with Gasteiger partial charge in [0.15, 0.2) is 0 Å². The largest absolute Gasteiger partial charge is 0.468 e. The predicted octanol–water partition coefficient (Wildman–Crippen LogP) is 0.300. The van der Waals surface area contributed by atoms with Crippen LogP contribution in [0.25, 0.3) is 0 Å². The molecule has 1 saturated heterocycles. The number of carbonyl (C=O) groups is 1. The number of carbonyl (C=O) groups excluding carboxylic acids is 1. The summed E-state index contributed by atoms with van der Waals surface area (Å²) in [5, 5.41) is 17.9. The number of aliphatic hydroxyl groups excluding tert-OH is 1. The molecule has 0 aromatic carbocycles. The standard InChI is InChI=1S/C9H12ClN3O3S/c1-16-8(15)6-2-5(14)3-13(6)4-7-11-12-9(10)17-7/h5-6,14H,2-4H2,1H3. The van der Waals surface area contributed by atoms with Gasteiger partial charge < -0.3 is 9.84 Å². The molecule has 8 heteroatoms. The van der Waals surface area contributed by atoms with E-state index in [1.807, 2.05) is 4.90 Å². The van der Waals surface area contributed by atoms with Crippen LogP contribution in [0, 0.1) is 0 Å². The van der Waals surface area contributed by atoms with E-state index in [2.05, 4.69) is 10.2 Å². The molecule has 94 valence electrons. The minimum absolute atomic E-state index is 0.336. The van der Waals surface area contributed by atoms with Crippen LogP contribution in [0.3, 0.4) is 0 Å². The van der Waals surface area contributed by atoms with E-state index in [4.69, 9.17) is 16.3 Å². The Morgan fingerprint density at radius 3 is 3.06 bits per heavy atom. The Kier molecular flexibility index (Phi) is 3.93. The molecule has 2 atom stereocenters. The Balaban J connectivity index is 2.05. The van der Waals surface area contributed by atoms with Gasteiger partial charge in [-0.05, 0) is 11.6 Å². The van der Waals surface area contributed by atoms with Gasteiger partial charge in [-0.2, -0.15) is 0 Å². The number of hydrogen-bond donors (Lipinski definition) is 1. The number of methoxy groups -OCH3 is 1. The summed E-state index contributed by atoms with van der Waals surface area (Å²) in [4.78, 5) is 13.4. The van der Waals surface area contributed by atoms with Crippen molar-refractivity contribution in [2.45, 2.75) is 25.1 Å². The number of aliphatic hydroxyl groups is 1. The minimum atomic E-state index is -0.512. The van der Waals surface area contributed by atoms with Gasteiger partial charge in [-0.15, -0.1) is 10.2 Å². The zero-order valence-corrected chi connectivity index (χ0v) is 10.7. The van der Waals surface area contributed by atoms with Gasteiger partial charge in [0.2, 0.25) is 4.47 Å². The van der Waals surface area contributed by atoms with E-state index in [9.17, 15) is 9.90 Å². The van der Waals surface area contributed by atoms with E-state index < -0.39 is 12.1 Å². The fourth-order valence-corrected chi connectivity index (χ4v) is 2.80. The Labute approximate surface area is 107 Å². The van der Waals surface area contributed by atoms with Crippen molar-refractivity contribution >= 4 is 28.9 Å². The molecule has 0 bridgehead atoms. The van der Waals surface area contributed by atoms with E-state index in [0.29, 0.717) is 24.0 Å². The first-order valence-corrected chi connectivity index (χ1v) is 6.27. The number of esters is 1. The summed E-state index contributed by atoms with van der Waals surface area (Å²) in [5.41, 5.74) is 0. The van der Waals surface area contributed by atoms with Crippen molar-refractivity contribution in [2.75, 3.05) is 13.7 Å². The third kappa shape index (κ3) is 2.92. The number of nitrogens with zero attached hydrogens (tertiary/aromatic N) is 3. The summed E-state index contributed by atoms with van der Waals surface area (Å²) in [6.45, 7) is 0.873. The highest BCUT2D eigenvalue weighted by Crippen LogP contribution is 2.23. The molecule has 2 heterocycles. The van der Waals surface area contributed by atoms with E-state index in [1.165, 1.54) is 18.4 Å². The van der Waals surface area contributed by atoms with Crippen LogP contribution in [0.4, 0.5) is 0 Å². The van der Waals surface area contributed by atoms with E-state index >= 15 is 0 Å². The van der Waals surface area contributed by atoms with Crippen molar-refractivity contribution in [1.29, 1.82) is 0 Å². The van der Waals surface area contributed by atoms with Crippen LogP contribution < -0.4 is 0 Å². The van der Waals surface area contributed by atoms with Crippen LogP contribution in [0.1, 0.15) is 11.4 Å². The predicted molar refractivity (Wildman–Crippen MR) is 61.8 cm³/mol. The third-order valence-corrected chi connectivity index (χ3v) is 3.64. The van der Waals surface area contributed by atoms with Gasteiger partial charge in [0.25, 0.3) is 0 Å². The average molecular weight is 278 g/mol. The number of β-amino-alcohol motifs (C(OH)–C–C–N with tert-alkyl or cyclic N) is 1. The van der Waals surface area contributed by atoms with Crippen molar-refractivity contribution in [3.05, 3.63) is 9.47 Å². The molecule has 17 heavy (non-hydrogen) atoms. The fraction of sp³-hybridized carbons (Fsp3) is 0.667. The maximum atomic E-state index is 11.5. The lowest BCUT2D eigenvalue weighted by molar-refractivity contribution is -0.146. The van der Waals surface area contributed by atoms with E-state index in [1.54, 1.807) is 0 Å². The highest BCUT2D eigenvalue weighted by molar-refractivity contribution is 7.15. The SMILES string of the molecule is COC(=O)C1CC(O)CN1Cc1nnc(Cl)s1. The van der Waals surface area contributed by atoms with Gasteiger partial charge in [-0.3, -0.25) is 9.69 Å². The molecule has 6 nitrogen and oxygen atoms in total. The number of aromatic nitrogens is 2. The first-order chi connectivity index (χ1) is 8.10. The van der Waals surface area contributed by atoms with Crippen molar-refractivity contribution in [3.8, 4) is 0 Å². The number of rotatable bonds is 3. The summed E-state index contributed by atoms with van der Waals surface area (Å²) in [6, 6.07) is -0.419. The van der Waals surface area contributed by atoms with Gasteiger partial charge in [0.1, 0.15) is 11.0 Å². The molecular formula is C9H12ClN3O3S. The number of hydrogen-bond acceptors (Lipinski definition) is 7. The third-order valence-electron chi connectivity index (χ3n) is 2.64. The van der Waals surface area contributed by atoms with Gasteiger partial charge in [-0.25, -0.2) is 0 Å². The Morgan fingerprint density at radius 1 is 1.71 bits per heavy atom. The molecule has 0 saturated carbocycles. The zero-order valence-electron chi connectivity index (χ0n) is 9.17. The van der Waals surface area contributed by atoms with Crippen LogP contribution >= 0.6 is 22.9 Å². The van der Waals surface area contributed by atoms with Crippen LogP contribution in [0.5, 0.6) is 0 Å². The van der Waals surface area contributed by atoms with Gasteiger partial charge in [-0.1, -0.05) is 11.3 Å². The van der Waals surface area contributed by atoms with E-state index in [-0.39, 0.29) is 5.97 Å². The summed E-state index contributed by atoms with van der Waals surface area (Å²) in [6.07, 6.45) is -0.123. The zero-order chi connectivity index (χ0) is 12.4. The molecule has 0 aliphatic carbocycles. The summed E-state index contributed by atoms with van der Waals surface area (Å²) in [5.74, 6) is -0.336. The Bertz CT molecular complexity index is 414.